The Morgan fingerprint density at radius 2 is 1.92 bits per heavy atom. The van der Waals surface area contributed by atoms with E-state index in [2.05, 4.69) is 6.92 Å². The maximum absolute atomic E-state index is 9.07. The van der Waals surface area contributed by atoms with E-state index in [1.165, 1.54) is 6.42 Å². The van der Waals surface area contributed by atoms with E-state index in [1.54, 1.807) is 12.1 Å². The predicted molar refractivity (Wildman–Crippen MR) is 54.6 cm³/mol. The van der Waals surface area contributed by atoms with Crippen molar-refractivity contribution in [2.45, 2.75) is 32.2 Å². The summed E-state index contributed by atoms with van der Waals surface area (Å²) in [4.78, 5) is 0. The van der Waals surface area contributed by atoms with Crippen LogP contribution in [-0.2, 0) is 0 Å². The normalized spacial score (nSPS) is 12.8. The van der Waals surface area contributed by atoms with Gasteiger partial charge in [-0.1, -0.05) is 31.9 Å². The molecular formula is C11H17NO. The molecule has 0 fully saturated rings. The molecule has 0 heterocycles. The zero-order chi connectivity index (χ0) is 9.68. The summed E-state index contributed by atoms with van der Waals surface area (Å²) in [6, 6.07) is 7.24. The fourth-order valence-electron chi connectivity index (χ4n) is 1.31. The molecule has 1 unspecified atom stereocenters. The van der Waals surface area contributed by atoms with Gasteiger partial charge in [-0.2, -0.15) is 0 Å². The van der Waals surface area contributed by atoms with Gasteiger partial charge in [0.25, 0.3) is 0 Å². The molecule has 0 aromatic heterocycles. The topological polar surface area (TPSA) is 46.2 Å². The maximum atomic E-state index is 9.07. The van der Waals surface area contributed by atoms with Gasteiger partial charge in [0, 0.05) is 6.04 Å². The van der Waals surface area contributed by atoms with Gasteiger partial charge in [-0.05, 0) is 24.1 Å². The number of aromatic hydroxyl groups is 1. The van der Waals surface area contributed by atoms with Gasteiger partial charge in [0.1, 0.15) is 5.75 Å². The summed E-state index contributed by atoms with van der Waals surface area (Å²) in [5.74, 6) is 0.298. The first-order chi connectivity index (χ1) is 6.24. The predicted octanol–water partition coefficient (Wildman–Crippen LogP) is 2.58. The van der Waals surface area contributed by atoms with E-state index in [1.807, 2.05) is 12.1 Å². The van der Waals surface area contributed by atoms with Crippen LogP contribution in [0.25, 0.3) is 0 Å². The fraction of sp³-hybridized carbons (Fsp3) is 0.455. The van der Waals surface area contributed by atoms with Gasteiger partial charge in [-0.15, -0.1) is 0 Å². The lowest BCUT2D eigenvalue weighted by atomic mass is 10.0. The Labute approximate surface area is 79.4 Å². The SMILES string of the molecule is CCCCC(N)c1ccc(O)cc1. The van der Waals surface area contributed by atoms with Gasteiger partial charge < -0.3 is 10.8 Å². The van der Waals surface area contributed by atoms with E-state index in [0.29, 0.717) is 5.75 Å². The molecule has 1 rings (SSSR count). The number of unbranched alkanes of at least 4 members (excludes halogenated alkanes) is 1. The van der Waals surface area contributed by atoms with Crippen LogP contribution in [0.2, 0.25) is 0 Å². The number of hydrogen-bond donors (Lipinski definition) is 2. The Kier molecular flexibility index (Phi) is 3.77. The lowest BCUT2D eigenvalue weighted by molar-refractivity contribution is 0.474. The second-order valence-corrected chi connectivity index (χ2v) is 3.34. The Balaban J connectivity index is 2.55. The van der Waals surface area contributed by atoms with Gasteiger partial charge in [0.2, 0.25) is 0 Å². The highest BCUT2D eigenvalue weighted by Gasteiger charge is 2.04. The van der Waals surface area contributed by atoms with Crippen molar-refractivity contribution in [2.24, 2.45) is 5.73 Å². The van der Waals surface area contributed by atoms with Crippen LogP contribution in [0, 0.1) is 0 Å². The van der Waals surface area contributed by atoms with E-state index >= 15 is 0 Å². The van der Waals surface area contributed by atoms with Crippen LogP contribution in [0.3, 0.4) is 0 Å². The third kappa shape index (κ3) is 3.07. The van der Waals surface area contributed by atoms with Crippen molar-refractivity contribution in [2.75, 3.05) is 0 Å². The van der Waals surface area contributed by atoms with E-state index in [4.69, 9.17) is 10.8 Å². The molecule has 3 N–H and O–H groups in total. The van der Waals surface area contributed by atoms with E-state index in [-0.39, 0.29) is 6.04 Å². The molecule has 0 amide bonds. The fourth-order valence-corrected chi connectivity index (χ4v) is 1.31. The van der Waals surface area contributed by atoms with Crippen LogP contribution in [0.1, 0.15) is 37.8 Å². The first-order valence-corrected chi connectivity index (χ1v) is 4.78. The summed E-state index contributed by atoms with van der Waals surface area (Å²) in [5, 5.41) is 9.07. The lowest BCUT2D eigenvalue weighted by Gasteiger charge is -2.10. The number of phenolic OH excluding ortho intramolecular Hbond substituents is 1. The van der Waals surface area contributed by atoms with E-state index in [0.717, 1.165) is 18.4 Å². The van der Waals surface area contributed by atoms with Crippen molar-refractivity contribution in [1.29, 1.82) is 0 Å². The lowest BCUT2D eigenvalue weighted by Crippen LogP contribution is -2.09. The Morgan fingerprint density at radius 1 is 1.31 bits per heavy atom. The highest BCUT2D eigenvalue weighted by atomic mass is 16.3. The number of rotatable bonds is 4. The van der Waals surface area contributed by atoms with Gasteiger partial charge >= 0.3 is 0 Å². The Morgan fingerprint density at radius 3 is 2.46 bits per heavy atom. The molecule has 0 radical (unpaired) electrons. The number of phenols is 1. The van der Waals surface area contributed by atoms with Crippen molar-refractivity contribution >= 4 is 0 Å². The smallest absolute Gasteiger partial charge is 0.115 e. The van der Waals surface area contributed by atoms with Crippen LogP contribution in [0.5, 0.6) is 5.75 Å². The van der Waals surface area contributed by atoms with Crippen molar-refractivity contribution in [3.63, 3.8) is 0 Å². The maximum Gasteiger partial charge on any atom is 0.115 e. The zero-order valence-corrected chi connectivity index (χ0v) is 8.03. The van der Waals surface area contributed by atoms with Gasteiger partial charge in [0.15, 0.2) is 0 Å². The minimum absolute atomic E-state index is 0.112. The molecule has 0 saturated heterocycles. The highest BCUT2D eigenvalue weighted by Crippen LogP contribution is 2.18. The molecule has 0 bridgehead atoms. The zero-order valence-electron chi connectivity index (χ0n) is 8.03. The summed E-state index contributed by atoms with van der Waals surface area (Å²) in [6.45, 7) is 2.16. The van der Waals surface area contributed by atoms with E-state index in [9.17, 15) is 0 Å². The molecule has 0 aliphatic carbocycles. The third-order valence-corrected chi connectivity index (χ3v) is 2.19. The van der Waals surface area contributed by atoms with Crippen molar-refractivity contribution in [3.05, 3.63) is 29.8 Å². The third-order valence-electron chi connectivity index (χ3n) is 2.19. The summed E-state index contributed by atoms with van der Waals surface area (Å²) in [7, 11) is 0. The van der Waals surface area contributed by atoms with Crippen LogP contribution >= 0.6 is 0 Å². The molecule has 72 valence electrons. The minimum atomic E-state index is 0.112. The summed E-state index contributed by atoms with van der Waals surface area (Å²) >= 11 is 0. The number of nitrogens with two attached hydrogens (primary N) is 1. The quantitative estimate of drug-likeness (QED) is 0.746. The van der Waals surface area contributed by atoms with Crippen LogP contribution in [0.15, 0.2) is 24.3 Å². The second kappa shape index (κ2) is 4.87. The van der Waals surface area contributed by atoms with Crippen LogP contribution in [-0.4, -0.2) is 5.11 Å². The summed E-state index contributed by atoms with van der Waals surface area (Å²) in [5.41, 5.74) is 7.05. The molecular weight excluding hydrogens is 162 g/mol. The standard InChI is InChI=1S/C11H17NO/c1-2-3-4-11(12)9-5-7-10(13)8-6-9/h5-8,11,13H,2-4,12H2,1H3. The van der Waals surface area contributed by atoms with Gasteiger partial charge in [-0.3, -0.25) is 0 Å². The number of benzene rings is 1. The van der Waals surface area contributed by atoms with Crippen molar-refractivity contribution < 1.29 is 5.11 Å². The van der Waals surface area contributed by atoms with Crippen molar-refractivity contribution in [3.8, 4) is 5.75 Å². The molecule has 13 heavy (non-hydrogen) atoms. The Bertz CT molecular complexity index is 243. The highest BCUT2D eigenvalue weighted by molar-refractivity contribution is 5.27. The van der Waals surface area contributed by atoms with Crippen LogP contribution < -0.4 is 5.73 Å². The van der Waals surface area contributed by atoms with Gasteiger partial charge in [-0.25, -0.2) is 0 Å². The molecule has 2 heteroatoms. The molecule has 0 spiro atoms. The first kappa shape index (κ1) is 10.1. The van der Waals surface area contributed by atoms with Crippen molar-refractivity contribution in [1.82, 2.24) is 0 Å². The molecule has 0 saturated carbocycles. The minimum Gasteiger partial charge on any atom is -0.508 e. The molecule has 2 nitrogen and oxygen atoms in total. The number of hydrogen-bond acceptors (Lipinski definition) is 2. The van der Waals surface area contributed by atoms with Gasteiger partial charge in [0.05, 0.1) is 0 Å². The monoisotopic (exact) mass is 179 g/mol. The van der Waals surface area contributed by atoms with Crippen LogP contribution in [0.4, 0.5) is 0 Å². The Hall–Kier alpha value is -1.02. The van der Waals surface area contributed by atoms with E-state index < -0.39 is 0 Å². The molecule has 1 aromatic rings. The molecule has 1 atom stereocenters. The average Bonchev–Trinajstić information content (AvgIpc) is 2.15. The molecule has 0 aliphatic heterocycles. The average molecular weight is 179 g/mol. The summed E-state index contributed by atoms with van der Waals surface area (Å²) < 4.78 is 0. The molecule has 1 aromatic carbocycles. The largest absolute Gasteiger partial charge is 0.508 e. The first-order valence-electron chi connectivity index (χ1n) is 4.78. The second-order valence-electron chi connectivity index (χ2n) is 3.34. The molecule has 0 aliphatic rings. The summed E-state index contributed by atoms with van der Waals surface area (Å²) in [6.07, 6.45) is 3.34.